The molecule has 4 heterocycles. The third-order valence-corrected chi connectivity index (χ3v) is 12.3. The van der Waals surface area contributed by atoms with Crippen molar-refractivity contribution >= 4 is 69.1 Å². The van der Waals surface area contributed by atoms with E-state index in [0.717, 1.165) is 10.8 Å². The van der Waals surface area contributed by atoms with Gasteiger partial charge >= 0.3 is 0 Å². The minimum absolute atomic E-state index is 0.00467. The Kier molecular flexibility index (Phi) is 16.8. The molecule has 0 radical (unpaired) electrons. The molecular weight excluding hydrogens is 883 g/mol. The van der Waals surface area contributed by atoms with Gasteiger partial charge in [-0.15, -0.1) is 11.3 Å². The average molecular weight is 935 g/mol. The van der Waals surface area contributed by atoms with Crippen LogP contribution in [0.1, 0.15) is 60.1 Å². The van der Waals surface area contributed by atoms with Crippen LogP contribution in [-0.2, 0) is 46.4 Å². The number of carbonyl (C=O) groups excluding carboxylic acids is 5. The quantitative estimate of drug-likeness (QED) is 0.0502. The van der Waals surface area contributed by atoms with E-state index in [9.17, 15) is 28.4 Å². The minimum Gasteiger partial charge on any atom is -0.487 e. The van der Waals surface area contributed by atoms with E-state index < -0.39 is 23.2 Å². The van der Waals surface area contributed by atoms with Gasteiger partial charge in [0.1, 0.15) is 11.9 Å². The van der Waals surface area contributed by atoms with E-state index in [1.807, 2.05) is 23.6 Å². The smallest absolute Gasteiger partial charge is 0.255 e. The number of hydrogen-bond donors (Lipinski definition) is 5. The van der Waals surface area contributed by atoms with Crippen LogP contribution in [0.5, 0.6) is 5.75 Å². The zero-order valence-electron chi connectivity index (χ0n) is 35.7. The van der Waals surface area contributed by atoms with Gasteiger partial charge in [0, 0.05) is 61.0 Å². The van der Waals surface area contributed by atoms with Crippen molar-refractivity contribution in [3.63, 3.8) is 0 Å². The van der Waals surface area contributed by atoms with Crippen LogP contribution in [-0.4, -0.2) is 116 Å². The van der Waals surface area contributed by atoms with Gasteiger partial charge in [0.25, 0.3) is 5.91 Å². The molecule has 1 atom stereocenters. The molecule has 1 unspecified atom stereocenters. The summed E-state index contributed by atoms with van der Waals surface area (Å²) in [6, 6.07) is 14.6. The van der Waals surface area contributed by atoms with Gasteiger partial charge in [-0.3, -0.25) is 29.3 Å². The second-order valence-electron chi connectivity index (χ2n) is 15.9. The van der Waals surface area contributed by atoms with Gasteiger partial charge in [-0.1, -0.05) is 23.7 Å². The molecule has 20 heteroatoms. The fraction of sp³-hybridized carbons (Fsp3) is 0.444. The first-order valence-corrected chi connectivity index (χ1v) is 22.9. The number of aromatic nitrogens is 2. The molecule has 346 valence electrons. The SMILES string of the molecule is O=C1CCC(N2Cc3cc(NC(=O)CNCCOCCOCCOCCNC(=O)[C@]4(Cc5cccc(Nc6nccs6)n5)CC[C@@H](Oc5cccc(Cl)c5F)CC4)ccc3C2=O)C(=O)N1. The molecule has 1 aliphatic carbocycles. The number of fused-ring (bicyclic) bond motifs is 1. The summed E-state index contributed by atoms with van der Waals surface area (Å²) in [6.45, 7) is 3.06. The van der Waals surface area contributed by atoms with Gasteiger partial charge in [0.15, 0.2) is 16.7 Å². The fourth-order valence-electron chi connectivity index (χ4n) is 8.06. The minimum atomic E-state index is -0.761. The summed E-state index contributed by atoms with van der Waals surface area (Å²) in [5, 5.41) is 17.0. The Morgan fingerprint density at radius 3 is 2.45 bits per heavy atom. The number of hydrogen-bond acceptors (Lipinski definition) is 14. The molecule has 2 aromatic carbocycles. The number of nitrogens with zero attached hydrogens (tertiary/aromatic N) is 3. The molecule has 7 rings (SSSR count). The maximum absolute atomic E-state index is 14.6. The lowest BCUT2D eigenvalue weighted by Gasteiger charge is -2.39. The standard InChI is InChI=1S/C45H52ClFN8O9S/c46-34-4-2-5-36(40(34)47)64-32-11-13-45(14-12-32,26-31-3-1-6-37(51-31)53-44-50-17-24-65-44)43(60)49-16-19-62-21-23-63-22-20-61-18-15-48-27-39(57)52-30-7-8-33-29(25-30)28-55(42(33)59)35-9-10-38(56)54-41(35)58/h1-8,17,24-25,32,35,48H,9-16,18-23,26-28H2,(H,49,60)(H,52,57)(H,50,51,53)(H,54,56,58)/t32-,35?,45-. The van der Waals surface area contributed by atoms with Crippen molar-refractivity contribution in [3.05, 3.63) is 93.8 Å². The molecule has 1 saturated carbocycles. The van der Waals surface area contributed by atoms with Crippen molar-refractivity contribution in [3.8, 4) is 5.75 Å². The summed E-state index contributed by atoms with van der Waals surface area (Å²) in [6.07, 6.45) is 4.41. The number of nitrogens with one attached hydrogen (secondary N) is 5. The molecule has 5 N–H and O–H groups in total. The fourth-order valence-corrected chi connectivity index (χ4v) is 8.76. The Labute approximate surface area is 384 Å². The van der Waals surface area contributed by atoms with E-state index in [2.05, 4.69) is 31.6 Å². The highest BCUT2D eigenvalue weighted by atomic mass is 35.5. The van der Waals surface area contributed by atoms with Gasteiger partial charge in [-0.25, -0.2) is 14.4 Å². The monoisotopic (exact) mass is 934 g/mol. The van der Waals surface area contributed by atoms with Gasteiger partial charge < -0.3 is 45.1 Å². The lowest BCUT2D eigenvalue weighted by Crippen LogP contribution is -2.52. The zero-order valence-corrected chi connectivity index (χ0v) is 37.3. The Balaban J connectivity index is 0.749. The van der Waals surface area contributed by atoms with Gasteiger partial charge in [-0.2, -0.15) is 0 Å². The number of benzene rings is 2. The first kappa shape index (κ1) is 47.4. The van der Waals surface area contributed by atoms with Crippen LogP contribution in [0.4, 0.5) is 21.0 Å². The number of halogens is 2. The van der Waals surface area contributed by atoms with Crippen LogP contribution in [0.25, 0.3) is 0 Å². The molecule has 5 amide bonds. The normalized spacial score (nSPS) is 19.4. The second-order valence-corrected chi connectivity index (χ2v) is 17.2. The molecule has 2 fully saturated rings. The first-order valence-electron chi connectivity index (χ1n) is 21.6. The predicted octanol–water partition coefficient (Wildman–Crippen LogP) is 4.78. The van der Waals surface area contributed by atoms with E-state index in [4.69, 9.17) is 35.5 Å². The van der Waals surface area contributed by atoms with Crippen LogP contribution >= 0.6 is 22.9 Å². The topological polar surface area (TPSA) is 211 Å². The molecule has 2 aliphatic heterocycles. The number of ether oxygens (including phenoxy) is 4. The van der Waals surface area contributed by atoms with Crippen LogP contribution in [0.2, 0.25) is 5.02 Å². The van der Waals surface area contributed by atoms with E-state index in [0.29, 0.717) is 107 Å². The summed E-state index contributed by atoms with van der Waals surface area (Å²) in [4.78, 5) is 73.7. The highest BCUT2D eigenvalue weighted by Gasteiger charge is 2.43. The van der Waals surface area contributed by atoms with E-state index >= 15 is 0 Å². The number of thiazole rings is 1. The number of carbonyl (C=O) groups is 5. The lowest BCUT2D eigenvalue weighted by molar-refractivity contribution is -0.137. The summed E-state index contributed by atoms with van der Waals surface area (Å²) in [7, 11) is 0. The molecule has 0 spiro atoms. The molecule has 4 aromatic rings. The van der Waals surface area contributed by atoms with Gasteiger partial charge in [-0.05, 0) is 80.1 Å². The lowest BCUT2D eigenvalue weighted by atomic mass is 9.69. The largest absolute Gasteiger partial charge is 0.487 e. The number of rotatable bonds is 23. The van der Waals surface area contributed by atoms with Crippen LogP contribution in [0.15, 0.2) is 66.2 Å². The Morgan fingerprint density at radius 2 is 1.69 bits per heavy atom. The highest BCUT2D eigenvalue weighted by molar-refractivity contribution is 7.13. The summed E-state index contributed by atoms with van der Waals surface area (Å²) >= 11 is 7.44. The van der Waals surface area contributed by atoms with Gasteiger partial charge in [0.05, 0.1) is 62.7 Å². The van der Waals surface area contributed by atoms with Crippen molar-refractivity contribution < 1.29 is 47.3 Å². The maximum Gasteiger partial charge on any atom is 0.255 e. The Morgan fingerprint density at radius 1 is 0.938 bits per heavy atom. The van der Waals surface area contributed by atoms with Crippen molar-refractivity contribution in [2.45, 2.75) is 63.6 Å². The van der Waals surface area contributed by atoms with Gasteiger partial charge in [0.2, 0.25) is 23.6 Å². The number of imide groups is 1. The molecule has 3 aliphatic rings. The predicted molar refractivity (Wildman–Crippen MR) is 240 cm³/mol. The summed E-state index contributed by atoms with van der Waals surface area (Å²) in [5.41, 5.74) is 1.70. The average Bonchev–Trinajstić information content (AvgIpc) is 3.93. The van der Waals surface area contributed by atoms with E-state index in [1.165, 1.54) is 22.3 Å². The highest BCUT2D eigenvalue weighted by Crippen LogP contribution is 2.41. The van der Waals surface area contributed by atoms with E-state index in [-0.39, 0.29) is 66.4 Å². The van der Waals surface area contributed by atoms with Crippen LogP contribution < -0.4 is 31.3 Å². The number of pyridine rings is 1. The molecular formula is C45H52ClFN8O9S. The van der Waals surface area contributed by atoms with Crippen LogP contribution in [0, 0.1) is 11.2 Å². The van der Waals surface area contributed by atoms with Crippen molar-refractivity contribution in [2.24, 2.45) is 5.41 Å². The summed E-state index contributed by atoms with van der Waals surface area (Å²) < 4.78 is 37.5. The second kappa shape index (κ2) is 23.1. The van der Waals surface area contributed by atoms with Crippen molar-refractivity contribution in [1.29, 1.82) is 0 Å². The van der Waals surface area contributed by atoms with Crippen molar-refractivity contribution in [1.82, 2.24) is 30.8 Å². The molecule has 0 bridgehead atoms. The third-order valence-electron chi connectivity index (χ3n) is 11.4. The Bertz CT molecular complexity index is 2300. The number of piperidine rings is 1. The zero-order chi connectivity index (χ0) is 45.6. The van der Waals surface area contributed by atoms with Crippen molar-refractivity contribution in [2.75, 3.05) is 69.9 Å². The number of anilines is 3. The molecule has 2 aromatic heterocycles. The Hall–Kier alpha value is -5.57. The molecule has 65 heavy (non-hydrogen) atoms. The summed E-state index contributed by atoms with van der Waals surface area (Å²) in [5.74, 6) is -1.31. The third kappa shape index (κ3) is 13.0. The molecule has 17 nitrogen and oxygen atoms in total. The van der Waals surface area contributed by atoms with E-state index in [1.54, 1.807) is 36.5 Å². The maximum atomic E-state index is 14.6. The first-order chi connectivity index (χ1) is 31.6. The molecule has 1 saturated heterocycles. The number of amides is 5. The van der Waals surface area contributed by atoms with Crippen LogP contribution in [0.3, 0.4) is 0 Å².